The second-order valence-electron chi connectivity index (χ2n) is 4.50. The molecule has 0 amide bonds. The molecule has 0 unspecified atom stereocenters. The number of benzene rings is 1. The molecule has 108 valence electrons. The normalized spacial score (nSPS) is 11.1. The minimum atomic E-state index is -0.380. The van der Waals surface area contributed by atoms with E-state index in [9.17, 15) is 9.59 Å². The molecule has 1 aromatic carbocycles. The second-order valence-corrected chi connectivity index (χ2v) is 5.74. The maximum atomic E-state index is 12.1. The Hall–Kier alpha value is -2.28. The number of rotatable bonds is 4. The van der Waals surface area contributed by atoms with Gasteiger partial charge in [-0.2, -0.15) is 0 Å². The molecule has 0 radical (unpaired) electrons. The number of imidazole rings is 1. The van der Waals surface area contributed by atoms with Gasteiger partial charge in [0.25, 0.3) is 11.1 Å². The summed E-state index contributed by atoms with van der Waals surface area (Å²) in [5.41, 5.74) is 0.837. The maximum absolute atomic E-state index is 12.1. The Kier molecular flexibility index (Phi) is 3.66. The lowest BCUT2D eigenvalue weighted by Gasteiger charge is -2.07. The molecule has 21 heavy (non-hydrogen) atoms. The van der Waals surface area contributed by atoms with Crippen LogP contribution in [-0.2, 0) is 6.54 Å². The number of hydrogen-bond donors (Lipinski definition) is 2. The van der Waals surface area contributed by atoms with Crippen LogP contribution in [0.4, 0.5) is 0 Å². The molecule has 0 spiro atoms. The molecule has 2 heterocycles. The minimum absolute atomic E-state index is 0.186. The second kappa shape index (κ2) is 5.61. The smallest absolute Gasteiger partial charge is 0.290 e. The molecule has 0 saturated heterocycles. The van der Waals surface area contributed by atoms with Gasteiger partial charge >= 0.3 is 0 Å². The topological polar surface area (TPSA) is 83.5 Å². The van der Waals surface area contributed by atoms with Crippen LogP contribution in [0.5, 0.6) is 0 Å². The first-order valence-corrected chi connectivity index (χ1v) is 7.57. The molecular formula is C14H14N4O2S. The molecule has 0 atom stereocenters. The van der Waals surface area contributed by atoms with Crippen molar-refractivity contribution in [2.24, 2.45) is 0 Å². The zero-order chi connectivity index (χ0) is 14.8. The quantitative estimate of drug-likeness (QED) is 0.717. The zero-order valence-corrected chi connectivity index (χ0v) is 12.2. The van der Waals surface area contributed by atoms with Crippen molar-refractivity contribution in [1.29, 1.82) is 0 Å². The largest absolute Gasteiger partial charge is 0.310 e. The minimum Gasteiger partial charge on any atom is -0.310 e. The van der Waals surface area contributed by atoms with E-state index in [2.05, 4.69) is 15.2 Å². The highest BCUT2D eigenvalue weighted by atomic mass is 32.2. The number of thioether (sulfide) groups is 1. The molecule has 0 aliphatic carbocycles. The Balaban J connectivity index is 2.23. The SMILES string of the molecule is CCSc1nc2c(=O)[nH][nH]c(=O)c2n1Cc1ccccc1. The van der Waals surface area contributed by atoms with Gasteiger partial charge in [0, 0.05) is 0 Å². The van der Waals surface area contributed by atoms with E-state index in [4.69, 9.17) is 0 Å². The Morgan fingerprint density at radius 3 is 2.57 bits per heavy atom. The third-order valence-electron chi connectivity index (χ3n) is 3.11. The highest BCUT2D eigenvalue weighted by molar-refractivity contribution is 7.99. The van der Waals surface area contributed by atoms with Crippen molar-refractivity contribution in [2.45, 2.75) is 18.6 Å². The summed E-state index contributed by atoms with van der Waals surface area (Å²) >= 11 is 1.51. The van der Waals surface area contributed by atoms with E-state index in [1.165, 1.54) is 11.8 Å². The van der Waals surface area contributed by atoms with Crippen LogP contribution in [0.15, 0.2) is 45.1 Å². The summed E-state index contributed by atoms with van der Waals surface area (Å²) in [6.07, 6.45) is 0. The lowest BCUT2D eigenvalue weighted by Crippen LogP contribution is -2.20. The van der Waals surface area contributed by atoms with Crippen LogP contribution in [0.2, 0.25) is 0 Å². The van der Waals surface area contributed by atoms with Gasteiger partial charge in [0.05, 0.1) is 6.54 Å². The van der Waals surface area contributed by atoms with Gasteiger partial charge < -0.3 is 4.57 Å². The van der Waals surface area contributed by atoms with Crippen molar-refractivity contribution < 1.29 is 0 Å². The van der Waals surface area contributed by atoms with E-state index in [0.717, 1.165) is 11.3 Å². The summed E-state index contributed by atoms with van der Waals surface area (Å²) in [5.74, 6) is 0.813. The summed E-state index contributed by atoms with van der Waals surface area (Å²) in [4.78, 5) is 28.2. The molecule has 0 saturated carbocycles. The van der Waals surface area contributed by atoms with E-state index in [1.54, 1.807) is 4.57 Å². The van der Waals surface area contributed by atoms with Gasteiger partial charge in [-0.1, -0.05) is 49.0 Å². The fraction of sp³-hybridized carbons (Fsp3) is 0.214. The van der Waals surface area contributed by atoms with Crippen molar-refractivity contribution >= 4 is 22.8 Å². The van der Waals surface area contributed by atoms with E-state index in [-0.39, 0.29) is 16.6 Å². The van der Waals surface area contributed by atoms with E-state index >= 15 is 0 Å². The van der Waals surface area contributed by atoms with Gasteiger partial charge in [0.15, 0.2) is 10.7 Å². The fourth-order valence-electron chi connectivity index (χ4n) is 2.20. The van der Waals surface area contributed by atoms with Crippen LogP contribution in [0.25, 0.3) is 11.0 Å². The lowest BCUT2D eigenvalue weighted by atomic mass is 10.2. The number of H-pyrrole nitrogens is 2. The average molecular weight is 302 g/mol. The van der Waals surface area contributed by atoms with E-state index < -0.39 is 0 Å². The van der Waals surface area contributed by atoms with Gasteiger partial charge in [0.1, 0.15) is 5.52 Å². The van der Waals surface area contributed by atoms with Crippen molar-refractivity contribution in [1.82, 2.24) is 19.7 Å². The molecule has 2 aromatic heterocycles. The molecule has 2 N–H and O–H groups in total. The number of aromatic nitrogens is 4. The highest BCUT2D eigenvalue weighted by Crippen LogP contribution is 2.21. The van der Waals surface area contributed by atoms with Crippen LogP contribution >= 0.6 is 11.8 Å². The van der Waals surface area contributed by atoms with E-state index in [1.807, 2.05) is 37.3 Å². The third-order valence-corrected chi connectivity index (χ3v) is 3.97. The number of aromatic amines is 2. The average Bonchev–Trinajstić information content (AvgIpc) is 2.85. The van der Waals surface area contributed by atoms with Crippen LogP contribution in [-0.4, -0.2) is 25.5 Å². The number of hydrogen-bond acceptors (Lipinski definition) is 4. The zero-order valence-electron chi connectivity index (χ0n) is 11.4. The molecule has 3 aromatic rings. The van der Waals surface area contributed by atoms with Crippen LogP contribution in [0, 0.1) is 0 Å². The molecule has 0 aliphatic heterocycles. The van der Waals surface area contributed by atoms with Crippen molar-refractivity contribution in [2.75, 3.05) is 5.75 Å². The highest BCUT2D eigenvalue weighted by Gasteiger charge is 2.16. The summed E-state index contributed by atoms with van der Waals surface area (Å²) < 4.78 is 1.80. The molecule has 3 rings (SSSR count). The Morgan fingerprint density at radius 1 is 1.14 bits per heavy atom. The summed E-state index contributed by atoms with van der Waals surface area (Å²) in [6, 6.07) is 9.78. The summed E-state index contributed by atoms with van der Waals surface area (Å²) in [5, 5.41) is 5.35. The Morgan fingerprint density at radius 2 is 1.86 bits per heavy atom. The van der Waals surface area contributed by atoms with Gasteiger partial charge in [-0.15, -0.1) is 0 Å². The van der Waals surface area contributed by atoms with Crippen LogP contribution in [0.1, 0.15) is 12.5 Å². The van der Waals surface area contributed by atoms with Crippen molar-refractivity contribution in [3.63, 3.8) is 0 Å². The number of nitrogens with zero attached hydrogens (tertiary/aromatic N) is 2. The number of fused-ring (bicyclic) bond motifs is 1. The first-order valence-electron chi connectivity index (χ1n) is 6.58. The lowest BCUT2D eigenvalue weighted by molar-refractivity contribution is 0.727. The monoisotopic (exact) mass is 302 g/mol. The van der Waals surface area contributed by atoms with Gasteiger partial charge in [-0.25, -0.2) is 4.98 Å². The van der Waals surface area contributed by atoms with E-state index in [0.29, 0.717) is 17.2 Å². The molecule has 0 fully saturated rings. The predicted octanol–water partition coefficient (Wildman–Crippen LogP) is 1.57. The van der Waals surface area contributed by atoms with Crippen molar-refractivity contribution in [3.05, 3.63) is 56.6 Å². The molecule has 7 heteroatoms. The van der Waals surface area contributed by atoms with Crippen LogP contribution in [0.3, 0.4) is 0 Å². The standard InChI is InChI=1S/C14H14N4O2S/c1-2-21-14-15-10-11(13(20)17-16-12(10)19)18(14)8-9-6-4-3-5-7-9/h3-7H,2,8H2,1H3,(H,16,19)(H,17,20). The van der Waals surface area contributed by atoms with Gasteiger partial charge in [-0.05, 0) is 11.3 Å². The first kappa shape index (κ1) is 13.7. The van der Waals surface area contributed by atoms with Gasteiger partial charge in [-0.3, -0.25) is 19.8 Å². The van der Waals surface area contributed by atoms with Gasteiger partial charge in [0.2, 0.25) is 0 Å². The van der Waals surface area contributed by atoms with Crippen molar-refractivity contribution in [3.8, 4) is 0 Å². The maximum Gasteiger partial charge on any atom is 0.290 e. The third kappa shape index (κ3) is 2.52. The summed E-state index contributed by atoms with van der Waals surface area (Å²) in [6.45, 7) is 2.51. The first-order chi connectivity index (χ1) is 10.2. The Bertz CT molecular complexity index is 879. The molecule has 0 aliphatic rings. The molecular weight excluding hydrogens is 288 g/mol. The molecule has 6 nitrogen and oxygen atoms in total. The Labute approximate surface area is 124 Å². The predicted molar refractivity (Wildman–Crippen MR) is 82.9 cm³/mol. The number of nitrogens with one attached hydrogen (secondary N) is 2. The van der Waals surface area contributed by atoms with Crippen LogP contribution < -0.4 is 11.1 Å². The fourth-order valence-corrected chi connectivity index (χ4v) is 2.93. The molecule has 0 bridgehead atoms. The summed E-state index contributed by atoms with van der Waals surface area (Å²) in [7, 11) is 0.